The quantitative estimate of drug-likeness (QED) is 0.785. The molecule has 1 atom stereocenters. The summed E-state index contributed by atoms with van der Waals surface area (Å²) in [7, 11) is -3.55. The second-order valence-corrected chi connectivity index (χ2v) is 5.58. The smallest absolute Gasteiger partial charge is 0.251 e. The topological polar surface area (TPSA) is 81.4 Å². The largest absolute Gasteiger partial charge is 0.508 e. The predicted octanol–water partition coefficient (Wildman–Crippen LogP) is 0.824. The molecule has 0 spiro atoms. The molecule has 1 unspecified atom stereocenters. The van der Waals surface area contributed by atoms with E-state index in [1.54, 1.807) is 6.07 Å². The molecule has 1 aromatic carbocycles. The van der Waals surface area contributed by atoms with Crippen LogP contribution in [0.1, 0.15) is 6.42 Å². The molecule has 5 nitrogen and oxygen atoms in total. The van der Waals surface area contributed by atoms with Gasteiger partial charge in [0.25, 0.3) is 10.0 Å². The number of hydrogen-bond donors (Lipinski definition) is 1. The van der Waals surface area contributed by atoms with Crippen molar-refractivity contribution in [2.24, 2.45) is 0 Å². The van der Waals surface area contributed by atoms with Gasteiger partial charge in [0.2, 0.25) is 0 Å². The molecule has 0 aromatic heterocycles. The lowest BCUT2D eigenvalue weighted by atomic mass is 10.3. The van der Waals surface area contributed by atoms with Crippen molar-refractivity contribution in [1.82, 2.24) is 0 Å². The Labute approximate surface area is 93.6 Å². The summed E-state index contributed by atoms with van der Waals surface area (Å²) in [4.78, 5) is 0. The highest BCUT2D eigenvalue weighted by Gasteiger charge is 2.38. The van der Waals surface area contributed by atoms with E-state index in [4.69, 9.17) is 10.4 Å². The van der Waals surface area contributed by atoms with Crippen molar-refractivity contribution < 1.29 is 13.5 Å². The van der Waals surface area contributed by atoms with E-state index < -0.39 is 15.3 Å². The normalized spacial score (nSPS) is 22.9. The van der Waals surface area contributed by atoms with Crippen molar-refractivity contribution in [3.8, 4) is 11.8 Å². The van der Waals surface area contributed by atoms with Gasteiger partial charge in [0.05, 0.1) is 11.8 Å². The van der Waals surface area contributed by atoms with Crippen molar-refractivity contribution in [3.05, 3.63) is 24.3 Å². The molecule has 0 amide bonds. The van der Waals surface area contributed by atoms with E-state index in [0.29, 0.717) is 18.7 Å². The van der Waals surface area contributed by atoms with Gasteiger partial charge in [-0.1, -0.05) is 0 Å². The summed E-state index contributed by atoms with van der Waals surface area (Å²) in [5.74, 6) is 0.0807. The Morgan fingerprint density at radius 3 is 2.50 bits per heavy atom. The molecule has 1 aromatic rings. The molecular weight excluding hydrogens is 228 g/mol. The van der Waals surface area contributed by atoms with Gasteiger partial charge in [0.15, 0.2) is 5.25 Å². The number of nitriles is 1. The fraction of sp³-hybridized carbons (Fsp3) is 0.300. The summed E-state index contributed by atoms with van der Waals surface area (Å²) < 4.78 is 24.9. The van der Waals surface area contributed by atoms with Crippen molar-refractivity contribution in [1.29, 1.82) is 5.26 Å². The highest BCUT2D eigenvalue weighted by molar-refractivity contribution is 7.93. The zero-order valence-corrected chi connectivity index (χ0v) is 9.18. The van der Waals surface area contributed by atoms with Gasteiger partial charge in [-0.2, -0.15) is 5.26 Å². The summed E-state index contributed by atoms with van der Waals surface area (Å²) >= 11 is 0. The molecule has 1 N–H and O–H groups in total. The first-order valence-electron chi connectivity index (χ1n) is 4.76. The van der Waals surface area contributed by atoms with Gasteiger partial charge in [-0.15, -0.1) is 0 Å². The number of phenolic OH excluding ortho intramolecular Hbond substituents is 1. The van der Waals surface area contributed by atoms with Gasteiger partial charge in [-0.25, -0.2) is 8.42 Å². The Bertz CT molecular complexity index is 530. The van der Waals surface area contributed by atoms with Crippen LogP contribution in [0.25, 0.3) is 0 Å². The van der Waals surface area contributed by atoms with E-state index >= 15 is 0 Å². The molecule has 1 heterocycles. The van der Waals surface area contributed by atoms with Crippen LogP contribution in [0.5, 0.6) is 5.75 Å². The standard InChI is InChI=1S/C10H10N2O3S/c11-7-10-5-6-12(16(10,14)15)8-1-3-9(13)4-2-8/h1-4,10,13H,5-6H2. The van der Waals surface area contributed by atoms with Gasteiger partial charge in [-0.05, 0) is 30.7 Å². The monoisotopic (exact) mass is 238 g/mol. The Balaban J connectivity index is 2.38. The number of hydrogen-bond acceptors (Lipinski definition) is 4. The lowest BCUT2D eigenvalue weighted by Gasteiger charge is -2.17. The SMILES string of the molecule is N#CC1CCN(c2ccc(O)cc2)S1(=O)=O. The maximum absolute atomic E-state index is 11.9. The fourth-order valence-corrected chi connectivity index (χ4v) is 3.31. The van der Waals surface area contributed by atoms with Crippen LogP contribution < -0.4 is 4.31 Å². The van der Waals surface area contributed by atoms with Gasteiger partial charge in [-0.3, -0.25) is 4.31 Å². The molecule has 0 radical (unpaired) electrons. The number of benzene rings is 1. The van der Waals surface area contributed by atoms with E-state index in [0.717, 1.165) is 0 Å². The zero-order chi connectivity index (χ0) is 11.8. The van der Waals surface area contributed by atoms with Gasteiger partial charge >= 0.3 is 0 Å². The number of phenols is 1. The van der Waals surface area contributed by atoms with Gasteiger partial charge in [0, 0.05) is 6.54 Å². The number of rotatable bonds is 1. The third-order valence-electron chi connectivity index (χ3n) is 2.54. The van der Waals surface area contributed by atoms with Crippen LogP contribution in [-0.4, -0.2) is 25.3 Å². The fourth-order valence-electron chi connectivity index (χ4n) is 1.69. The molecule has 1 saturated heterocycles. The van der Waals surface area contributed by atoms with E-state index in [-0.39, 0.29) is 5.75 Å². The minimum atomic E-state index is -3.55. The highest BCUT2D eigenvalue weighted by Crippen LogP contribution is 2.29. The summed E-state index contributed by atoms with van der Waals surface area (Å²) in [6.07, 6.45) is 0.319. The Kier molecular flexibility index (Phi) is 2.48. The minimum Gasteiger partial charge on any atom is -0.508 e. The van der Waals surface area contributed by atoms with Gasteiger partial charge < -0.3 is 5.11 Å². The van der Waals surface area contributed by atoms with Crippen LogP contribution in [0.4, 0.5) is 5.69 Å². The first kappa shape index (κ1) is 10.8. The van der Waals surface area contributed by atoms with Crippen LogP contribution in [0, 0.1) is 11.3 Å². The van der Waals surface area contributed by atoms with Crippen LogP contribution in [0.15, 0.2) is 24.3 Å². The maximum Gasteiger partial charge on any atom is 0.251 e. The molecule has 1 aliphatic heterocycles. The summed E-state index contributed by atoms with van der Waals surface area (Å²) in [5.41, 5.74) is 0.482. The molecule has 1 fully saturated rings. The van der Waals surface area contributed by atoms with Gasteiger partial charge in [0.1, 0.15) is 5.75 Å². The molecule has 0 aliphatic carbocycles. The number of sulfonamides is 1. The third-order valence-corrected chi connectivity index (χ3v) is 4.61. The van der Waals surface area contributed by atoms with Crippen LogP contribution in [-0.2, 0) is 10.0 Å². The number of nitrogens with zero attached hydrogens (tertiary/aromatic N) is 2. The Morgan fingerprint density at radius 2 is 2.00 bits per heavy atom. The first-order valence-corrected chi connectivity index (χ1v) is 6.26. The van der Waals surface area contributed by atoms with Crippen LogP contribution in [0.3, 0.4) is 0 Å². The maximum atomic E-state index is 11.9. The lowest BCUT2D eigenvalue weighted by Crippen LogP contribution is -2.28. The molecule has 84 valence electrons. The second-order valence-electron chi connectivity index (χ2n) is 3.54. The van der Waals surface area contributed by atoms with Crippen molar-refractivity contribution in [3.63, 3.8) is 0 Å². The molecule has 2 rings (SSSR count). The van der Waals surface area contributed by atoms with Crippen molar-refractivity contribution >= 4 is 15.7 Å². The van der Waals surface area contributed by atoms with E-state index in [1.165, 1.54) is 28.6 Å². The first-order chi connectivity index (χ1) is 7.55. The van der Waals surface area contributed by atoms with E-state index in [2.05, 4.69) is 0 Å². The average Bonchev–Trinajstić information content (AvgIpc) is 2.54. The summed E-state index contributed by atoms with van der Waals surface area (Å²) in [6.45, 7) is 0.311. The summed E-state index contributed by atoms with van der Waals surface area (Å²) in [6, 6.07) is 7.67. The molecule has 1 aliphatic rings. The Hall–Kier alpha value is -1.74. The Morgan fingerprint density at radius 1 is 1.38 bits per heavy atom. The molecule has 6 heteroatoms. The van der Waals surface area contributed by atoms with Crippen LogP contribution in [0.2, 0.25) is 0 Å². The van der Waals surface area contributed by atoms with E-state index in [1.807, 2.05) is 0 Å². The third kappa shape index (κ3) is 1.59. The minimum absolute atomic E-state index is 0.0807. The molecular formula is C10H10N2O3S. The van der Waals surface area contributed by atoms with Crippen LogP contribution >= 0.6 is 0 Å². The average molecular weight is 238 g/mol. The lowest BCUT2D eigenvalue weighted by molar-refractivity contribution is 0.475. The van der Waals surface area contributed by atoms with Crippen molar-refractivity contribution in [2.75, 3.05) is 10.8 Å². The number of aromatic hydroxyl groups is 1. The second kappa shape index (κ2) is 3.68. The predicted molar refractivity (Wildman–Crippen MR) is 58.4 cm³/mol. The zero-order valence-electron chi connectivity index (χ0n) is 8.37. The highest BCUT2D eigenvalue weighted by atomic mass is 32.2. The molecule has 0 saturated carbocycles. The number of anilines is 1. The summed E-state index contributed by atoms with van der Waals surface area (Å²) in [5, 5.41) is 16.9. The van der Waals surface area contributed by atoms with E-state index in [9.17, 15) is 8.42 Å². The van der Waals surface area contributed by atoms with Crippen molar-refractivity contribution in [2.45, 2.75) is 11.7 Å². The molecule has 16 heavy (non-hydrogen) atoms. The molecule has 0 bridgehead atoms.